The summed E-state index contributed by atoms with van der Waals surface area (Å²) in [6.07, 6.45) is 1.38. The van der Waals surface area contributed by atoms with Crippen LogP contribution < -0.4 is 4.31 Å². The van der Waals surface area contributed by atoms with E-state index in [0.717, 1.165) is 24.3 Å². The fourth-order valence-corrected chi connectivity index (χ4v) is 5.05. The number of hydrogen-bond donors (Lipinski definition) is 0. The molecular weight excluding hydrogens is 320 g/mol. The molecule has 0 aliphatic carbocycles. The number of hydrogen-bond acceptors (Lipinski definition) is 3. The van der Waals surface area contributed by atoms with Crippen LogP contribution in [0.3, 0.4) is 0 Å². The van der Waals surface area contributed by atoms with Crippen molar-refractivity contribution in [3.63, 3.8) is 0 Å². The molecule has 0 radical (unpaired) electrons. The molecule has 128 valence electrons. The number of sulfonamides is 1. The minimum absolute atomic E-state index is 0.308. The van der Waals surface area contributed by atoms with Crippen LogP contribution in [0.25, 0.3) is 0 Å². The summed E-state index contributed by atoms with van der Waals surface area (Å²) < 4.78 is 28.2. The summed E-state index contributed by atoms with van der Waals surface area (Å²) in [5.41, 5.74) is 1.73. The minimum Gasteiger partial charge on any atom is -0.306 e. The Labute approximate surface area is 144 Å². The van der Waals surface area contributed by atoms with E-state index < -0.39 is 10.0 Å². The Hall–Kier alpha value is -1.85. The van der Waals surface area contributed by atoms with Crippen LogP contribution in [-0.2, 0) is 16.6 Å². The maximum absolute atomic E-state index is 13.3. The fraction of sp³-hybridized carbons (Fsp3) is 0.368. The first kappa shape index (κ1) is 17.0. The Morgan fingerprint density at radius 2 is 1.50 bits per heavy atom. The highest BCUT2D eigenvalue weighted by Gasteiger charge is 2.34. The van der Waals surface area contributed by atoms with Crippen molar-refractivity contribution in [2.24, 2.45) is 0 Å². The van der Waals surface area contributed by atoms with E-state index in [0.29, 0.717) is 19.4 Å². The molecule has 5 heteroatoms. The number of para-hydroxylation sites is 1. The van der Waals surface area contributed by atoms with Gasteiger partial charge in [-0.2, -0.15) is 0 Å². The lowest BCUT2D eigenvalue weighted by Crippen LogP contribution is -2.44. The third-order valence-electron chi connectivity index (χ3n) is 4.61. The van der Waals surface area contributed by atoms with Gasteiger partial charge in [0.2, 0.25) is 10.0 Å². The van der Waals surface area contributed by atoms with E-state index in [-0.39, 0.29) is 5.25 Å². The molecule has 4 nitrogen and oxygen atoms in total. The van der Waals surface area contributed by atoms with Gasteiger partial charge in [-0.25, -0.2) is 8.42 Å². The average molecular weight is 344 g/mol. The van der Waals surface area contributed by atoms with Gasteiger partial charge in [0.1, 0.15) is 0 Å². The number of rotatable bonds is 5. The molecule has 1 fully saturated rings. The normalized spacial score (nSPS) is 16.9. The van der Waals surface area contributed by atoms with Crippen LogP contribution in [-0.4, -0.2) is 38.7 Å². The van der Waals surface area contributed by atoms with Crippen LogP contribution in [0, 0.1) is 0 Å². The van der Waals surface area contributed by atoms with Gasteiger partial charge in [-0.3, -0.25) is 4.31 Å². The van der Waals surface area contributed by atoms with Gasteiger partial charge in [0.25, 0.3) is 0 Å². The van der Waals surface area contributed by atoms with Gasteiger partial charge in [-0.1, -0.05) is 48.5 Å². The van der Waals surface area contributed by atoms with Gasteiger partial charge < -0.3 is 4.90 Å². The third-order valence-corrected chi connectivity index (χ3v) is 6.88. The lowest BCUT2D eigenvalue weighted by atomic mass is 10.1. The lowest BCUT2D eigenvalue weighted by molar-refractivity contribution is 0.277. The number of piperidine rings is 1. The van der Waals surface area contributed by atoms with Crippen LogP contribution in [0.2, 0.25) is 0 Å². The third kappa shape index (κ3) is 3.79. The summed E-state index contributed by atoms with van der Waals surface area (Å²) in [5, 5.41) is -0.308. The highest BCUT2D eigenvalue weighted by Crippen LogP contribution is 2.27. The molecule has 0 spiro atoms. The molecule has 1 aliphatic rings. The molecule has 2 aromatic carbocycles. The topological polar surface area (TPSA) is 40.6 Å². The van der Waals surface area contributed by atoms with E-state index in [9.17, 15) is 8.42 Å². The van der Waals surface area contributed by atoms with E-state index >= 15 is 0 Å². The monoisotopic (exact) mass is 344 g/mol. The van der Waals surface area contributed by atoms with Crippen molar-refractivity contribution in [2.45, 2.75) is 24.6 Å². The highest BCUT2D eigenvalue weighted by molar-refractivity contribution is 7.93. The Morgan fingerprint density at radius 3 is 2.08 bits per heavy atom. The summed E-state index contributed by atoms with van der Waals surface area (Å²) >= 11 is 0. The summed E-state index contributed by atoms with van der Waals surface area (Å²) in [7, 11) is -1.35. The van der Waals surface area contributed by atoms with Gasteiger partial charge in [-0.05, 0) is 50.7 Å². The largest absolute Gasteiger partial charge is 0.306 e. The number of nitrogens with zero attached hydrogens (tertiary/aromatic N) is 2. The van der Waals surface area contributed by atoms with Crippen molar-refractivity contribution in [3.05, 3.63) is 66.2 Å². The summed E-state index contributed by atoms with van der Waals surface area (Å²) in [5.74, 6) is 0. The zero-order valence-corrected chi connectivity index (χ0v) is 14.8. The second-order valence-corrected chi connectivity index (χ2v) is 8.51. The number of benzene rings is 2. The molecule has 2 aromatic rings. The van der Waals surface area contributed by atoms with Gasteiger partial charge in [-0.15, -0.1) is 0 Å². The van der Waals surface area contributed by atoms with Crippen LogP contribution in [0.1, 0.15) is 18.4 Å². The Balaban J connectivity index is 1.92. The summed E-state index contributed by atoms with van der Waals surface area (Å²) in [6, 6.07) is 19.2. The lowest BCUT2D eigenvalue weighted by Gasteiger charge is -2.34. The molecule has 0 saturated carbocycles. The molecule has 1 aliphatic heterocycles. The van der Waals surface area contributed by atoms with Crippen molar-refractivity contribution >= 4 is 15.7 Å². The van der Waals surface area contributed by atoms with Gasteiger partial charge in [0, 0.05) is 0 Å². The second kappa shape index (κ2) is 7.36. The smallest absolute Gasteiger partial charge is 0.238 e. The minimum atomic E-state index is -3.39. The fourth-order valence-electron chi connectivity index (χ4n) is 3.13. The summed E-state index contributed by atoms with van der Waals surface area (Å²) in [4.78, 5) is 2.19. The standard InChI is InChI=1S/C19H24N2O2S/c1-20-14-12-19(13-15-20)24(22,23)21(18-10-6-3-7-11-18)16-17-8-4-2-5-9-17/h2-11,19H,12-16H2,1H3. The number of anilines is 1. The molecule has 0 unspecified atom stereocenters. The van der Waals surface area contributed by atoms with Gasteiger partial charge in [0.05, 0.1) is 17.5 Å². The zero-order valence-electron chi connectivity index (χ0n) is 14.0. The SMILES string of the molecule is CN1CCC(S(=O)(=O)N(Cc2ccccc2)c2ccccc2)CC1. The molecule has 1 saturated heterocycles. The van der Waals surface area contributed by atoms with E-state index in [1.54, 1.807) is 4.31 Å². The van der Waals surface area contributed by atoms with Gasteiger partial charge in [0.15, 0.2) is 0 Å². The van der Waals surface area contributed by atoms with Crippen molar-refractivity contribution < 1.29 is 8.42 Å². The molecule has 0 bridgehead atoms. The predicted molar refractivity (Wildman–Crippen MR) is 98.5 cm³/mol. The second-order valence-electron chi connectivity index (χ2n) is 6.38. The molecule has 3 rings (SSSR count). The Kier molecular flexibility index (Phi) is 5.21. The van der Waals surface area contributed by atoms with Crippen LogP contribution in [0.15, 0.2) is 60.7 Å². The van der Waals surface area contributed by atoms with Crippen LogP contribution in [0.4, 0.5) is 5.69 Å². The zero-order chi connectivity index (χ0) is 17.0. The van der Waals surface area contributed by atoms with Crippen molar-refractivity contribution in [1.82, 2.24) is 4.90 Å². The first-order valence-corrected chi connectivity index (χ1v) is 9.87. The first-order chi connectivity index (χ1) is 11.6. The van der Waals surface area contributed by atoms with E-state index in [1.165, 1.54) is 0 Å². The number of likely N-dealkylation sites (tertiary alicyclic amines) is 1. The molecular formula is C19H24N2O2S. The molecule has 0 amide bonds. The van der Waals surface area contributed by atoms with Gasteiger partial charge >= 0.3 is 0 Å². The van der Waals surface area contributed by atoms with Crippen molar-refractivity contribution in [2.75, 3.05) is 24.4 Å². The maximum Gasteiger partial charge on any atom is 0.238 e. The summed E-state index contributed by atoms with van der Waals surface area (Å²) in [6.45, 7) is 2.04. The quantitative estimate of drug-likeness (QED) is 0.837. The molecule has 0 N–H and O–H groups in total. The average Bonchev–Trinajstić information content (AvgIpc) is 2.61. The van der Waals surface area contributed by atoms with Crippen molar-refractivity contribution in [1.29, 1.82) is 0 Å². The maximum atomic E-state index is 13.3. The predicted octanol–water partition coefficient (Wildman–Crippen LogP) is 3.12. The van der Waals surface area contributed by atoms with E-state index in [1.807, 2.05) is 67.7 Å². The highest BCUT2D eigenvalue weighted by atomic mass is 32.2. The van der Waals surface area contributed by atoms with E-state index in [2.05, 4.69) is 4.90 Å². The first-order valence-electron chi connectivity index (χ1n) is 8.36. The molecule has 0 atom stereocenters. The Morgan fingerprint density at radius 1 is 0.958 bits per heavy atom. The molecule has 0 aromatic heterocycles. The van der Waals surface area contributed by atoms with Crippen molar-refractivity contribution in [3.8, 4) is 0 Å². The Bertz CT molecular complexity index is 739. The van der Waals surface area contributed by atoms with E-state index in [4.69, 9.17) is 0 Å². The molecule has 24 heavy (non-hydrogen) atoms. The van der Waals surface area contributed by atoms with Crippen LogP contribution in [0.5, 0.6) is 0 Å². The molecule has 1 heterocycles. The van der Waals surface area contributed by atoms with Crippen LogP contribution >= 0.6 is 0 Å².